The minimum absolute atomic E-state index is 0. The highest BCUT2D eigenvalue weighted by atomic mass is 35.5. The van der Waals surface area contributed by atoms with Crippen molar-refractivity contribution in [3.8, 4) is 0 Å². The molecule has 0 radical (unpaired) electrons. The Hall–Kier alpha value is -1.37. The topological polar surface area (TPSA) is 75.3 Å². The van der Waals surface area contributed by atoms with Crippen molar-refractivity contribution in [3.63, 3.8) is 0 Å². The number of benzene rings is 1. The van der Waals surface area contributed by atoms with Crippen LogP contribution in [0.5, 0.6) is 0 Å². The van der Waals surface area contributed by atoms with Crippen molar-refractivity contribution in [3.05, 3.63) is 41.5 Å². The van der Waals surface area contributed by atoms with Crippen molar-refractivity contribution in [1.82, 2.24) is 10.6 Å². The number of nitrogens with one attached hydrogen (secondary N) is 2. The lowest BCUT2D eigenvalue weighted by Gasteiger charge is -2.14. The third kappa shape index (κ3) is 5.06. The summed E-state index contributed by atoms with van der Waals surface area (Å²) in [4.78, 5) is 12.3. The van der Waals surface area contributed by atoms with Crippen LogP contribution < -0.4 is 10.6 Å². The molecule has 23 heavy (non-hydrogen) atoms. The summed E-state index contributed by atoms with van der Waals surface area (Å²) in [5.41, 5.74) is 1.68. The van der Waals surface area contributed by atoms with Gasteiger partial charge in [0.05, 0.1) is 10.1 Å². The highest BCUT2D eigenvalue weighted by Crippen LogP contribution is 2.16. The molecule has 1 aromatic carbocycles. The maximum Gasteiger partial charge on any atom is 0.251 e. The number of carbonyl (C=O) groups is 1. The first-order valence-corrected chi connectivity index (χ1v) is 8.96. The van der Waals surface area contributed by atoms with E-state index < -0.39 is 15.1 Å². The lowest BCUT2D eigenvalue weighted by Crippen LogP contribution is -2.29. The highest BCUT2D eigenvalue weighted by molar-refractivity contribution is 7.92. The summed E-state index contributed by atoms with van der Waals surface area (Å²) in [7, 11) is -3.30. The molecule has 2 rings (SSSR count). The molecule has 0 aliphatic carbocycles. The number of rotatable bonds is 5. The Morgan fingerprint density at radius 3 is 2.43 bits per heavy atom. The Morgan fingerprint density at radius 1 is 1.26 bits per heavy atom. The molecule has 0 atom stereocenters. The van der Waals surface area contributed by atoms with E-state index in [2.05, 4.69) is 16.7 Å². The summed E-state index contributed by atoms with van der Waals surface area (Å²) in [5.74, 6) is -0.187. The van der Waals surface area contributed by atoms with Crippen molar-refractivity contribution in [1.29, 1.82) is 0 Å². The van der Waals surface area contributed by atoms with Gasteiger partial charge < -0.3 is 10.6 Å². The van der Waals surface area contributed by atoms with E-state index in [4.69, 9.17) is 0 Å². The van der Waals surface area contributed by atoms with Gasteiger partial charge in [-0.25, -0.2) is 8.42 Å². The molecule has 1 aliphatic heterocycles. The summed E-state index contributed by atoms with van der Waals surface area (Å²) >= 11 is 0. The predicted octanol–water partition coefficient (Wildman–Crippen LogP) is 1.94. The number of carbonyl (C=O) groups excluding carboxylic acids is 1. The standard InChI is InChI=1S/C16H22N2O3S.ClH/c1-12(2)22(20,21)15-5-3-14(4-6-15)16(19)18-11-13-7-9-17-10-8-13;/h3-7,12,17H,8-11H2,1-2H3,(H,18,19);1H. The van der Waals surface area contributed by atoms with Crippen LogP contribution in [0.25, 0.3) is 0 Å². The fourth-order valence-electron chi connectivity index (χ4n) is 2.19. The Balaban J connectivity index is 0.00000264. The zero-order chi connectivity index (χ0) is 16.2. The zero-order valence-corrected chi connectivity index (χ0v) is 15.0. The summed E-state index contributed by atoms with van der Waals surface area (Å²) in [6, 6.07) is 6.10. The molecule has 0 unspecified atom stereocenters. The average Bonchev–Trinajstić information content (AvgIpc) is 2.53. The van der Waals surface area contributed by atoms with E-state index in [9.17, 15) is 13.2 Å². The van der Waals surface area contributed by atoms with Gasteiger partial charge in [0.2, 0.25) is 0 Å². The predicted molar refractivity (Wildman–Crippen MR) is 93.9 cm³/mol. The molecular formula is C16H23ClN2O3S. The van der Waals surface area contributed by atoms with Crippen LogP contribution in [0.4, 0.5) is 0 Å². The Kier molecular flexibility index (Phi) is 7.25. The van der Waals surface area contributed by atoms with E-state index in [0.717, 1.165) is 19.5 Å². The molecule has 1 heterocycles. The Labute approximate surface area is 143 Å². The minimum Gasteiger partial charge on any atom is -0.348 e. The molecule has 2 N–H and O–H groups in total. The fraction of sp³-hybridized carbons (Fsp3) is 0.438. The molecule has 0 saturated carbocycles. The van der Waals surface area contributed by atoms with Gasteiger partial charge in [-0.2, -0.15) is 0 Å². The molecule has 0 aromatic heterocycles. The van der Waals surface area contributed by atoms with Crippen LogP contribution in [0, 0.1) is 0 Å². The first kappa shape index (κ1) is 19.7. The second-order valence-corrected chi connectivity index (χ2v) is 8.12. The Morgan fingerprint density at radius 2 is 1.91 bits per heavy atom. The quantitative estimate of drug-likeness (QED) is 0.789. The molecule has 0 bridgehead atoms. The minimum atomic E-state index is -3.30. The summed E-state index contributed by atoms with van der Waals surface area (Å²) in [6.07, 6.45) is 3.02. The summed E-state index contributed by atoms with van der Waals surface area (Å²) in [5, 5.41) is 5.61. The van der Waals surface area contributed by atoms with Gasteiger partial charge in [0.1, 0.15) is 0 Å². The van der Waals surface area contributed by atoms with E-state index in [1.54, 1.807) is 26.0 Å². The molecule has 128 valence electrons. The van der Waals surface area contributed by atoms with Gasteiger partial charge in [-0.1, -0.05) is 11.6 Å². The highest BCUT2D eigenvalue weighted by Gasteiger charge is 2.19. The Bertz CT molecular complexity index is 667. The number of hydrogen-bond donors (Lipinski definition) is 2. The van der Waals surface area contributed by atoms with Gasteiger partial charge in [-0.15, -0.1) is 12.4 Å². The summed E-state index contributed by atoms with van der Waals surface area (Å²) < 4.78 is 24.1. The van der Waals surface area contributed by atoms with E-state index in [-0.39, 0.29) is 23.2 Å². The van der Waals surface area contributed by atoms with Crippen LogP contribution >= 0.6 is 12.4 Å². The van der Waals surface area contributed by atoms with Crippen molar-refractivity contribution < 1.29 is 13.2 Å². The van der Waals surface area contributed by atoms with E-state index >= 15 is 0 Å². The van der Waals surface area contributed by atoms with Crippen LogP contribution in [0.15, 0.2) is 40.8 Å². The van der Waals surface area contributed by atoms with Gasteiger partial charge in [0.25, 0.3) is 5.91 Å². The van der Waals surface area contributed by atoms with Gasteiger partial charge in [-0.3, -0.25) is 4.79 Å². The lowest BCUT2D eigenvalue weighted by atomic mass is 10.1. The molecule has 0 fully saturated rings. The molecule has 1 amide bonds. The van der Waals surface area contributed by atoms with Crippen molar-refractivity contribution >= 4 is 28.2 Å². The number of hydrogen-bond acceptors (Lipinski definition) is 4. The SMILES string of the molecule is CC(C)S(=O)(=O)c1ccc(C(=O)NCC2=CCNCC2)cc1.Cl. The largest absolute Gasteiger partial charge is 0.348 e. The van der Waals surface area contributed by atoms with Crippen LogP contribution in [-0.2, 0) is 9.84 Å². The first-order valence-electron chi connectivity index (χ1n) is 7.42. The van der Waals surface area contributed by atoms with Crippen molar-refractivity contribution in [2.24, 2.45) is 0 Å². The van der Waals surface area contributed by atoms with E-state index in [1.807, 2.05) is 0 Å². The summed E-state index contributed by atoms with van der Waals surface area (Å²) in [6.45, 7) is 5.59. The smallest absolute Gasteiger partial charge is 0.251 e. The van der Waals surface area contributed by atoms with Gasteiger partial charge in [0.15, 0.2) is 9.84 Å². The molecule has 0 saturated heterocycles. The average molecular weight is 359 g/mol. The molecule has 0 spiro atoms. The van der Waals surface area contributed by atoms with Gasteiger partial charge >= 0.3 is 0 Å². The van der Waals surface area contributed by atoms with Crippen LogP contribution in [0.1, 0.15) is 30.6 Å². The van der Waals surface area contributed by atoms with Crippen molar-refractivity contribution in [2.45, 2.75) is 30.4 Å². The second-order valence-electron chi connectivity index (χ2n) is 5.62. The lowest BCUT2D eigenvalue weighted by molar-refractivity contribution is 0.0956. The normalized spacial score (nSPS) is 14.8. The maximum atomic E-state index is 12.1. The van der Waals surface area contributed by atoms with Crippen LogP contribution in [0.2, 0.25) is 0 Å². The fourth-order valence-corrected chi connectivity index (χ4v) is 3.25. The van der Waals surface area contributed by atoms with Gasteiger partial charge in [-0.05, 0) is 51.1 Å². The van der Waals surface area contributed by atoms with E-state index in [1.165, 1.54) is 17.7 Å². The molecule has 1 aromatic rings. The first-order chi connectivity index (χ1) is 10.4. The number of amides is 1. The second kappa shape index (κ2) is 8.47. The van der Waals surface area contributed by atoms with Crippen LogP contribution in [-0.4, -0.2) is 39.2 Å². The molecule has 1 aliphatic rings. The van der Waals surface area contributed by atoms with Crippen LogP contribution in [0.3, 0.4) is 0 Å². The van der Waals surface area contributed by atoms with Crippen molar-refractivity contribution in [2.75, 3.05) is 19.6 Å². The maximum absolute atomic E-state index is 12.1. The number of halogens is 1. The van der Waals surface area contributed by atoms with E-state index in [0.29, 0.717) is 12.1 Å². The van der Waals surface area contributed by atoms with Gasteiger partial charge in [0, 0.05) is 18.7 Å². The monoisotopic (exact) mass is 358 g/mol. The third-order valence-electron chi connectivity index (χ3n) is 3.70. The number of sulfone groups is 1. The molecule has 5 nitrogen and oxygen atoms in total. The molecule has 7 heteroatoms. The molecular weight excluding hydrogens is 336 g/mol. The zero-order valence-electron chi connectivity index (χ0n) is 13.3. The third-order valence-corrected chi connectivity index (χ3v) is 5.87.